The first-order chi connectivity index (χ1) is 27.5. The van der Waals surface area contributed by atoms with Gasteiger partial charge >= 0.3 is 12.4 Å². The van der Waals surface area contributed by atoms with E-state index in [2.05, 4.69) is 25.3 Å². The van der Waals surface area contributed by atoms with Crippen LogP contribution < -0.4 is 20.9 Å². The summed E-state index contributed by atoms with van der Waals surface area (Å²) in [5.74, 6) is 1.06. The standard InChI is InChI=1S/C25H25F3N4O3S.C15H15F3N4/c1-2-36(34,35)22-9-3-17(4-10-22)13-23(33)31-21-14-29-24(30-15-21)32-12-11-19(16-32)18-5-7-20(8-6-18)25(26,27)28;16-15(17,18)12-3-1-10(2-4-12)11-5-6-22(9-11)14-20-7-13(19)8-21-14/h3-10,14-15,19H,2,11-13,16H2,1H3,(H,31,33);1-4,7-8,11H,5-6,9,19H2. The second-order valence-corrected chi connectivity index (χ2v) is 16.2. The van der Waals surface area contributed by atoms with Crippen LogP contribution in [0.2, 0.25) is 0 Å². The van der Waals surface area contributed by atoms with Crippen LogP contribution in [0.4, 0.5) is 49.6 Å². The molecule has 306 valence electrons. The van der Waals surface area contributed by atoms with Gasteiger partial charge in [0, 0.05) is 38.0 Å². The van der Waals surface area contributed by atoms with Gasteiger partial charge in [0.05, 0.1) is 64.4 Å². The van der Waals surface area contributed by atoms with Gasteiger partial charge in [0.1, 0.15) is 0 Å². The lowest BCUT2D eigenvalue weighted by Gasteiger charge is -2.17. The number of alkyl halides is 6. The SMILES string of the molecule is CCS(=O)(=O)c1ccc(CC(=O)Nc2cnc(N3CCC(c4ccc(C(F)(F)F)cc4)C3)nc2)cc1.Nc1cnc(N2CCC(c3ccc(C(F)(F)F)cc3)C2)nc1. The zero-order chi connectivity index (χ0) is 41.7. The van der Waals surface area contributed by atoms with Gasteiger partial charge in [-0.05, 0) is 65.9 Å². The number of sulfone groups is 1. The minimum atomic E-state index is -4.35. The molecular weight excluding hydrogens is 787 g/mol. The quantitative estimate of drug-likeness (QED) is 0.143. The summed E-state index contributed by atoms with van der Waals surface area (Å²) in [5, 5.41) is 2.72. The Hall–Kier alpha value is -5.78. The molecule has 11 nitrogen and oxygen atoms in total. The summed E-state index contributed by atoms with van der Waals surface area (Å²) in [4.78, 5) is 33.6. The van der Waals surface area contributed by atoms with Crippen LogP contribution in [-0.2, 0) is 33.4 Å². The highest BCUT2D eigenvalue weighted by molar-refractivity contribution is 7.91. The number of nitrogens with zero attached hydrogens (tertiary/aromatic N) is 6. The van der Waals surface area contributed by atoms with Gasteiger partial charge in [0.15, 0.2) is 9.84 Å². The highest BCUT2D eigenvalue weighted by Crippen LogP contribution is 2.35. The fourth-order valence-electron chi connectivity index (χ4n) is 6.73. The van der Waals surface area contributed by atoms with Crippen molar-refractivity contribution in [3.8, 4) is 0 Å². The Labute approximate surface area is 331 Å². The number of carbonyl (C=O) groups is 1. The topological polar surface area (TPSA) is 147 Å². The van der Waals surface area contributed by atoms with Crippen LogP contribution >= 0.6 is 0 Å². The maximum absolute atomic E-state index is 12.8. The Bertz CT molecular complexity index is 2260. The summed E-state index contributed by atoms with van der Waals surface area (Å²) in [5.41, 5.74) is 7.63. The molecule has 7 rings (SSSR count). The van der Waals surface area contributed by atoms with E-state index in [1.165, 1.54) is 36.7 Å². The summed E-state index contributed by atoms with van der Waals surface area (Å²) >= 11 is 0. The van der Waals surface area contributed by atoms with E-state index in [9.17, 15) is 39.6 Å². The molecule has 2 atom stereocenters. The lowest BCUT2D eigenvalue weighted by Crippen LogP contribution is -2.22. The Morgan fingerprint density at radius 1 is 0.707 bits per heavy atom. The van der Waals surface area contributed by atoms with E-state index in [1.54, 1.807) is 43.6 Å². The molecule has 5 aromatic rings. The number of aromatic nitrogens is 4. The molecule has 58 heavy (non-hydrogen) atoms. The summed E-state index contributed by atoms with van der Waals surface area (Å²) in [6, 6.07) is 16.8. The largest absolute Gasteiger partial charge is 0.416 e. The predicted molar refractivity (Wildman–Crippen MR) is 207 cm³/mol. The van der Waals surface area contributed by atoms with Crippen molar-refractivity contribution >= 4 is 39.0 Å². The van der Waals surface area contributed by atoms with Crippen molar-refractivity contribution in [3.63, 3.8) is 0 Å². The molecule has 3 N–H and O–H groups in total. The summed E-state index contributed by atoms with van der Waals surface area (Å²) in [6.07, 6.45) is -0.849. The monoisotopic (exact) mass is 826 g/mol. The van der Waals surface area contributed by atoms with E-state index in [4.69, 9.17) is 5.73 Å². The molecule has 0 spiro atoms. The predicted octanol–water partition coefficient (Wildman–Crippen LogP) is 7.54. The molecule has 2 aromatic heterocycles. The maximum atomic E-state index is 12.8. The molecule has 2 aliphatic heterocycles. The highest BCUT2D eigenvalue weighted by Gasteiger charge is 2.33. The first kappa shape index (κ1) is 41.8. The average Bonchev–Trinajstić information content (AvgIpc) is 3.90. The Morgan fingerprint density at radius 3 is 1.55 bits per heavy atom. The van der Waals surface area contributed by atoms with Crippen molar-refractivity contribution in [2.45, 2.75) is 55.3 Å². The van der Waals surface area contributed by atoms with Gasteiger partial charge in [-0.15, -0.1) is 0 Å². The number of halogens is 6. The fraction of sp³-hybridized carbons (Fsp3) is 0.325. The van der Waals surface area contributed by atoms with E-state index in [1.807, 2.05) is 9.80 Å². The molecule has 18 heteroatoms. The third kappa shape index (κ3) is 10.6. The number of anilines is 4. The Balaban J connectivity index is 0.000000220. The lowest BCUT2D eigenvalue weighted by atomic mass is 9.97. The van der Waals surface area contributed by atoms with Gasteiger partial charge in [-0.1, -0.05) is 43.3 Å². The zero-order valence-electron chi connectivity index (χ0n) is 31.2. The molecule has 2 aliphatic rings. The number of nitrogen functional groups attached to an aromatic ring is 1. The van der Waals surface area contributed by atoms with Crippen LogP contribution in [0.1, 0.15) is 59.4 Å². The minimum Gasteiger partial charge on any atom is -0.396 e. The zero-order valence-corrected chi connectivity index (χ0v) is 32.0. The van der Waals surface area contributed by atoms with E-state index >= 15 is 0 Å². The van der Waals surface area contributed by atoms with Gasteiger partial charge in [-0.25, -0.2) is 28.4 Å². The molecule has 0 aliphatic carbocycles. The second-order valence-electron chi connectivity index (χ2n) is 14.0. The van der Waals surface area contributed by atoms with Crippen LogP contribution in [0.25, 0.3) is 0 Å². The number of amides is 1. The van der Waals surface area contributed by atoms with Crippen LogP contribution in [0, 0.1) is 0 Å². The van der Waals surface area contributed by atoms with E-state index in [0.717, 1.165) is 54.8 Å². The molecular formula is C40H40F6N8O3S. The number of hydrogen-bond acceptors (Lipinski definition) is 10. The number of carbonyl (C=O) groups excluding carboxylic acids is 1. The molecule has 3 aromatic carbocycles. The first-order valence-corrected chi connectivity index (χ1v) is 20.0. The Morgan fingerprint density at radius 2 is 1.14 bits per heavy atom. The van der Waals surface area contributed by atoms with Crippen molar-refractivity contribution in [3.05, 3.63) is 125 Å². The van der Waals surface area contributed by atoms with Crippen molar-refractivity contribution in [1.82, 2.24) is 19.9 Å². The van der Waals surface area contributed by atoms with Crippen LogP contribution in [0.3, 0.4) is 0 Å². The molecule has 0 saturated carbocycles. The molecule has 1 amide bonds. The van der Waals surface area contributed by atoms with Gasteiger partial charge < -0.3 is 20.9 Å². The number of benzene rings is 3. The maximum Gasteiger partial charge on any atom is 0.416 e. The van der Waals surface area contributed by atoms with E-state index in [-0.39, 0.29) is 34.8 Å². The third-order valence-corrected chi connectivity index (χ3v) is 11.7. The van der Waals surface area contributed by atoms with Crippen LogP contribution in [0.15, 0.2) is 102 Å². The van der Waals surface area contributed by atoms with E-state index < -0.39 is 33.3 Å². The normalized spacial score (nSPS) is 17.2. The second kappa shape index (κ2) is 17.4. The minimum absolute atomic E-state index is 0.00989. The smallest absolute Gasteiger partial charge is 0.396 e. The molecule has 2 fully saturated rings. The van der Waals surface area contributed by atoms with Gasteiger partial charge in [0.25, 0.3) is 0 Å². The van der Waals surface area contributed by atoms with Gasteiger partial charge in [-0.3, -0.25) is 4.79 Å². The summed E-state index contributed by atoms with van der Waals surface area (Å²) in [7, 11) is -3.29. The van der Waals surface area contributed by atoms with Crippen molar-refractivity contribution in [2.75, 3.05) is 52.8 Å². The van der Waals surface area contributed by atoms with Crippen molar-refractivity contribution < 1.29 is 39.6 Å². The van der Waals surface area contributed by atoms with Gasteiger partial charge in [0.2, 0.25) is 17.8 Å². The van der Waals surface area contributed by atoms with Gasteiger partial charge in [-0.2, -0.15) is 26.3 Å². The molecule has 0 radical (unpaired) electrons. The molecule has 0 bridgehead atoms. The van der Waals surface area contributed by atoms with Crippen LogP contribution in [0.5, 0.6) is 0 Å². The lowest BCUT2D eigenvalue weighted by molar-refractivity contribution is -0.138. The van der Waals surface area contributed by atoms with Crippen molar-refractivity contribution in [2.24, 2.45) is 0 Å². The summed E-state index contributed by atoms with van der Waals surface area (Å²) in [6.45, 7) is 4.29. The molecule has 2 unspecified atom stereocenters. The molecule has 2 saturated heterocycles. The molecule has 4 heterocycles. The highest BCUT2D eigenvalue weighted by atomic mass is 32.2. The third-order valence-electron chi connectivity index (χ3n) is 9.97. The number of nitrogens with one attached hydrogen (secondary N) is 1. The number of hydrogen-bond donors (Lipinski definition) is 2. The number of rotatable bonds is 9. The fourth-order valence-corrected chi connectivity index (χ4v) is 7.62. The number of nitrogens with two attached hydrogens (primary N) is 1. The van der Waals surface area contributed by atoms with Crippen molar-refractivity contribution in [1.29, 1.82) is 0 Å². The summed E-state index contributed by atoms with van der Waals surface area (Å²) < 4.78 is 99.9. The average molecular weight is 827 g/mol. The Kier molecular flexibility index (Phi) is 12.5. The van der Waals surface area contributed by atoms with E-state index in [0.29, 0.717) is 48.5 Å². The first-order valence-electron chi connectivity index (χ1n) is 18.3. The van der Waals surface area contributed by atoms with Crippen LogP contribution in [-0.4, -0.2) is 66.2 Å².